The predicted octanol–water partition coefficient (Wildman–Crippen LogP) is 2.28. The van der Waals surface area contributed by atoms with Crippen molar-refractivity contribution in [3.63, 3.8) is 0 Å². The second-order valence-electron chi connectivity index (χ2n) is 5.27. The molecule has 0 saturated heterocycles. The first-order valence-electron chi connectivity index (χ1n) is 7.02. The highest BCUT2D eigenvalue weighted by Crippen LogP contribution is 2.21. The molecule has 112 valence electrons. The molecule has 1 aromatic rings. The summed E-state index contributed by atoms with van der Waals surface area (Å²) in [5, 5.41) is 8.93. The minimum Gasteiger partial charge on any atom is -0.496 e. The van der Waals surface area contributed by atoms with Crippen molar-refractivity contribution in [3.8, 4) is 5.75 Å². The number of aliphatic hydroxyl groups excluding tert-OH is 1. The Balaban J connectivity index is 2.83. The van der Waals surface area contributed by atoms with Gasteiger partial charge in [0.05, 0.1) is 19.2 Å². The number of nitrogens with zero attached hydrogens (tertiary/aromatic N) is 1. The lowest BCUT2D eigenvalue weighted by molar-refractivity contribution is 0.0893. The molecule has 0 saturated carbocycles. The molecular formula is C16H25NO3. The van der Waals surface area contributed by atoms with E-state index in [-0.39, 0.29) is 18.4 Å². The molecule has 0 bridgehead atoms. The molecule has 4 heteroatoms. The summed E-state index contributed by atoms with van der Waals surface area (Å²) in [7, 11) is 1.58. The van der Waals surface area contributed by atoms with Crippen LogP contribution in [0.2, 0.25) is 0 Å². The molecular weight excluding hydrogens is 254 g/mol. The van der Waals surface area contributed by atoms with Crippen LogP contribution >= 0.6 is 0 Å². The number of methoxy groups -OCH3 is 1. The summed E-state index contributed by atoms with van der Waals surface area (Å²) in [5.41, 5.74) is 1.69. The Morgan fingerprint density at radius 2 is 2.10 bits per heavy atom. The molecule has 0 atom stereocenters. The van der Waals surface area contributed by atoms with E-state index in [2.05, 4.69) is 18.7 Å². The fourth-order valence-corrected chi connectivity index (χ4v) is 2.09. The number of aliphatic hydroxyl groups is 1. The van der Waals surface area contributed by atoms with Gasteiger partial charge in [0.2, 0.25) is 0 Å². The molecule has 0 unspecified atom stereocenters. The van der Waals surface area contributed by atoms with Crippen LogP contribution in [0.4, 0.5) is 0 Å². The van der Waals surface area contributed by atoms with Crippen molar-refractivity contribution in [1.29, 1.82) is 0 Å². The molecule has 0 aliphatic carbocycles. The molecule has 1 N–H and O–H groups in total. The van der Waals surface area contributed by atoms with E-state index in [4.69, 9.17) is 9.84 Å². The SMILES string of the molecule is COc1cc(C)ccc1C(=O)CN(CCCO)C(C)C. The van der Waals surface area contributed by atoms with Crippen molar-refractivity contribution in [1.82, 2.24) is 4.90 Å². The van der Waals surface area contributed by atoms with Crippen molar-refractivity contribution in [2.24, 2.45) is 0 Å². The first kappa shape index (κ1) is 16.7. The molecule has 0 amide bonds. The van der Waals surface area contributed by atoms with Gasteiger partial charge < -0.3 is 9.84 Å². The van der Waals surface area contributed by atoms with Gasteiger partial charge in [0.25, 0.3) is 0 Å². The minimum absolute atomic E-state index is 0.0495. The summed E-state index contributed by atoms with van der Waals surface area (Å²) in [4.78, 5) is 14.5. The summed E-state index contributed by atoms with van der Waals surface area (Å²) in [6, 6.07) is 5.88. The van der Waals surface area contributed by atoms with Crippen LogP contribution in [-0.4, -0.2) is 48.6 Å². The van der Waals surface area contributed by atoms with Crippen LogP contribution in [0.3, 0.4) is 0 Å². The lowest BCUT2D eigenvalue weighted by Crippen LogP contribution is -2.37. The molecule has 0 aromatic heterocycles. The fraction of sp³-hybridized carbons (Fsp3) is 0.562. The van der Waals surface area contributed by atoms with Gasteiger partial charge in [0, 0.05) is 19.2 Å². The maximum absolute atomic E-state index is 12.4. The first-order chi connectivity index (χ1) is 9.49. The quantitative estimate of drug-likeness (QED) is 0.742. The van der Waals surface area contributed by atoms with Crippen molar-refractivity contribution in [2.45, 2.75) is 33.2 Å². The van der Waals surface area contributed by atoms with Crippen LogP contribution < -0.4 is 4.74 Å². The molecule has 1 aromatic carbocycles. The smallest absolute Gasteiger partial charge is 0.180 e. The number of ether oxygens (including phenoxy) is 1. The summed E-state index contributed by atoms with van der Waals surface area (Å²) in [5.74, 6) is 0.675. The fourth-order valence-electron chi connectivity index (χ4n) is 2.09. The zero-order valence-electron chi connectivity index (χ0n) is 12.8. The van der Waals surface area contributed by atoms with Crippen molar-refractivity contribution in [3.05, 3.63) is 29.3 Å². The van der Waals surface area contributed by atoms with E-state index in [0.29, 0.717) is 30.8 Å². The highest BCUT2D eigenvalue weighted by molar-refractivity contribution is 6.00. The first-order valence-corrected chi connectivity index (χ1v) is 7.02. The number of Topliss-reactive ketones (excluding diaryl/α,β-unsaturated/α-hetero) is 1. The Morgan fingerprint density at radius 1 is 1.40 bits per heavy atom. The standard InChI is InChI=1S/C16H25NO3/c1-12(2)17(8-5-9-18)11-15(19)14-7-6-13(3)10-16(14)20-4/h6-7,10,12,18H,5,8-9,11H2,1-4H3. The maximum atomic E-state index is 12.4. The third-order valence-corrected chi connectivity index (χ3v) is 3.34. The Morgan fingerprint density at radius 3 is 2.65 bits per heavy atom. The van der Waals surface area contributed by atoms with Crippen molar-refractivity contribution in [2.75, 3.05) is 26.8 Å². The Kier molecular flexibility index (Phi) is 6.68. The molecule has 0 spiro atoms. The number of carbonyl (C=O) groups excluding carboxylic acids is 1. The van der Waals surface area contributed by atoms with E-state index >= 15 is 0 Å². The van der Waals surface area contributed by atoms with E-state index in [1.807, 2.05) is 25.1 Å². The van der Waals surface area contributed by atoms with Gasteiger partial charge in [-0.3, -0.25) is 9.69 Å². The van der Waals surface area contributed by atoms with Gasteiger partial charge in [0.1, 0.15) is 5.75 Å². The largest absolute Gasteiger partial charge is 0.496 e. The van der Waals surface area contributed by atoms with Gasteiger partial charge in [-0.1, -0.05) is 6.07 Å². The maximum Gasteiger partial charge on any atom is 0.180 e. The molecule has 1 rings (SSSR count). The Hall–Kier alpha value is -1.39. The average molecular weight is 279 g/mol. The second-order valence-corrected chi connectivity index (χ2v) is 5.27. The highest BCUT2D eigenvalue weighted by atomic mass is 16.5. The lowest BCUT2D eigenvalue weighted by Gasteiger charge is -2.25. The highest BCUT2D eigenvalue weighted by Gasteiger charge is 2.18. The normalized spacial score (nSPS) is 11.2. The van der Waals surface area contributed by atoms with Gasteiger partial charge in [-0.25, -0.2) is 0 Å². The van der Waals surface area contributed by atoms with Crippen molar-refractivity contribution < 1.29 is 14.6 Å². The third kappa shape index (κ3) is 4.62. The predicted molar refractivity (Wildman–Crippen MR) is 80.5 cm³/mol. The number of ketones is 1. The number of rotatable bonds is 8. The molecule has 0 aliphatic rings. The van der Waals surface area contributed by atoms with Crippen LogP contribution in [0.1, 0.15) is 36.2 Å². The zero-order valence-corrected chi connectivity index (χ0v) is 12.8. The average Bonchev–Trinajstić information content (AvgIpc) is 2.42. The summed E-state index contributed by atoms with van der Waals surface area (Å²) in [6.45, 7) is 7.28. The molecule has 0 heterocycles. The molecule has 0 aliphatic heterocycles. The number of hydrogen-bond donors (Lipinski definition) is 1. The third-order valence-electron chi connectivity index (χ3n) is 3.34. The number of aryl methyl sites for hydroxylation is 1. The van der Waals surface area contributed by atoms with Gasteiger partial charge in [-0.15, -0.1) is 0 Å². The lowest BCUT2D eigenvalue weighted by atomic mass is 10.1. The zero-order chi connectivity index (χ0) is 15.1. The Labute approximate surface area is 121 Å². The van der Waals surface area contributed by atoms with Gasteiger partial charge in [0.15, 0.2) is 5.78 Å². The second kappa shape index (κ2) is 8.02. The van der Waals surface area contributed by atoms with Crippen LogP contribution in [0, 0.1) is 6.92 Å². The van der Waals surface area contributed by atoms with Gasteiger partial charge in [-0.2, -0.15) is 0 Å². The van der Waals surface area contributed by atoms with Crippen molar-refractivity contribution >= 4 is 5.78 Å². The van der Waals surface area contributed by atoms with E-state index in [0.717, 1.165) is 5.56 Å². The van der Waals surface area contributed by atoms with Gasteiger partial charge in [-0.05, 0) is 44.9 Å². The van der Waals surface area contributed by atoms with Gasteiger partial charge >= 0.3 is 0 Å². The van der Waals surface area contributed by atoms with E-state index < -0.39 is 0 Å². The topological polar surface area (TPSA) is 49.8 Å². The van der Waals surface area contributed by atoms with Crippen LogP contribution in [0.5, 0.6) is 5.75 Å². The number of carbonyl (C=O) groups is 1. The Bertz CT molecular complexity index is 443. The van der Waals surface area contributed by atoms with Crippen LogP contribution in [0.15, 0.2) is 18.2 Å². The summed E-state index contributed by atoms with van der Waals surface area (Å²) in [6.07, 6.45) is 0.677. The van der Waals surface area contributed by atoms with E-state index in [1.54, 1.807) is 7.11 Å². The van der Waals surface area contributed by atoms with E-state index in [9.17, 15) is 4.79 Å². The number of benzene rings is 1. The molecule has 20 heavy (non-hydrogen) atoms. The minimum atomic E-state index is 0.0495. The number of hydrogen-bond acceptors (Lipinski definition) is 4. The van der Waals surface area contributed by atoms with Crippen LogP contribution in [0.25, 0.3) is 0 Å². The summed E-state index contributed by atoms with van der Waals surface area (Å²) < 4.78 is 5.29. The van der Waals surface area contributed by atoms with E-state index in [1.165, 1.54) is 0 Å². The van der Waals surface area contributed by atoms with Crippen LogP contribution in [-0.2, 0) is 0 Å². The molecule has 4 nitrogen and oxygen atoms in total. The molecule has 0 fully saturated rings. The monoisotopic (exact) mass is 279 g/mol. The molecule has 0 radical (unpaired) electrons. The summed E-state index contributed by atoms with van der Waals surface area (Å²) >= 11 is 0.